The molecule has 1 atom stereocenters. The molecule has 1 aliphatic rings. The lowest BCUT2D eigenvalue weighted by atomic mass is 10.1. The molecular formula is C18H19Cl2N3O4S2. The first-order valence-corrected chi connectivity index (χ1v) is 11.9. The third-order valence-corrected chi connectivity index (χ3v) is 8.01. The minimum atomic E-state index is -3.68. The fraction of sp³-hybridized carbons (Fsp3) is 0.333. The van der Waals surface area contributed by atoms with E-state index in [9.17, 15) is 13.2 Å². The van der Waals surface area contributed by atoms with Crippen LogP contribution in [0.1, 0.15) is 25.1 Å². The number of nitrogens with one attached hydrogen (secondary N) is 1. The van der Waals surface area contributed by atoms with E-state index < -0.39 is 22.0 Å². The molecule has 1 N–H and O–H groups in total. The normalized spacial score (nSPS) is 16.6. The van der Waals surface area contributed by atoms with Crippen LogP contribution in [0.25, 0.3) is 0 Å². The van der Waals surface area contributed by atoms with Crippen LogP contribution in [0.4, 0.5) is 5.69 Å². The third kappa shape index (κ3) is 4.75. The van der Waals surface area contributed by atoms with Crippen molar-refractivity contribution in [3.05, 3.63) is 44.6 Å². The van der Waals surface area contributed by atoms with Crippen LogP contribution in [0.5, 0.6) is 0 Å². The Labute approximate surface area is 183 Å². The van der Waals surface area contributed by atoms with Gasteiger partial charge in [-0.25, -0.2) is 8.42 Å². The summed E-state index contributed by atoms with van der Waals surface area (Å²) >= 11 is 13.4. The molecule has 11 heteroatoms. The van der Waals surface area contributed by atoms with Gasteiger partial charge in [0, 0.05) is 19.5 Å². The van der Waals surface area contributed by atoms with E-state index in [0.29, 0.717) is 23.1 Å². The molecule has 2 aromatic rings. The molecule has 0 spiro atoms. The molecule has 1 amide bonds. The van der Waals surface area contributed by atoms with Crippen LogP contribution in [-0.2, 0) is 19.7 Å². The Kier molecular flexibility index (Phi) is 6.85. The number of nitrogens with zero attached hydrogens (tertiary/aromatic N) is 2. The summed E-state index contributed by atoms with van der Waals surface area (Å²) < 4.78 is 27.4. The molecular weight excluding hydrogens is 457 g/mol. The number of carbonyl (C=O) groups is 1. The van der Waals surface area contributed by atoms with Crippen LogP contribution in [0.15, 0.2) is 40.4 Å². The van der Waals surface area contributed by atoms with Crippen molar-refractivity contribution in [1.82, 2.24) is 4.31 Å². The van der Waals surface area contributed by atoms with Crippen molar-refractivity contribution in [3.8, 4) is 0 Å². The molecule has 0 bridgehead atoms. The smallest absolute Gasteiger partial charge is 0.268 e. The Balaban J connectivity index is 1.74. The first kappa shape index (κ1) is 22.0. The maximum absolute atomic E-state index is 12.7. The first-order chi connectivity index (χ1) is 13.8. The Morgan fingerprint density at radius 1 is 1.28 bits per heavy atom. The molecule has 0 fully saturated rings. The van der Waals surface area contributed by atoms with E-state index in [4.69, 9.17) is 28.0 Å². The quantitative estimate of drug-likeness (QED) is 0.648. The highest BCUT2D eigenvalue weighted by atomic mass is 35.5. The number of carbonyl (C=O) groups excluding carboxylic acids is 1. The number of thiophene rings is 1. The van der Waals surface area contributed by atoms with Gasteiger partial charge in [0.1, 0.15) is 5.71 Å². The van der Waals surface area contributed by atoms with Crippen molar-refractivity contribution < 1.29 is 18.0 Å². The predicted octanol–water partition coefficient (Wildman–Crippen LogP) is 4.22. The Hall–Kier alpha value is -1.65. The van der Waals surface area contributed by atoms with Gasteiger partial charge in [-0.05, 0) is 30.3 Å². The Bertz CT molecular complexity index is 1050. The second-order valence-corrected chi connectivity index (χ2v) is 10.2. The zero-order valence-electron chi connectivity index (χ0n) is 15.7. The van der Waals surface area contributed by atoms with Crippen LogP contribution in [0.3, 0.4) is 0 Å². The van der Waals surface area contributed by atoms with Crippen molar-refractivity contribution in [1.29, 1.82) is 0 Å². The SMILES string of the molecule is CCN(CC)S(=O)(=O)c1ccc(Cl)c(NC(=O)C2CC(c3ccc(Cl)s3)=NO2)c1. The molecule has 7 nitrogen and oxygen atoms in total. The molecule has 0 saturated heterocycles. The first-order valence-electron chi connectivity index (χ1n) is 8.85. The Morgan fingerprint density at radius 2 is 2.00 bits per heavy atom. The van der Waals surface area contributed by atoms with Gasteiger partial charge in [-0.1, -0.05) is 42.2 Å². The molecule has 156 valence electrons. The van der Waals surface area contributed by atoms with Gasteiger partial charge in [0.25, 0.3) is 5.91 Å². The minimum Gasteiger partial charge on any atom is -0.382 e. The molecule has 0 saturated carbocycles. The van der Waals surface area contributed by atoms with Gasteiger partial charge in [0.05, 0.1) is 24.8 Å². The number of benzene rings is 1. The second-order valence-electron chi connectivity index (χ2n) is 6.16. The van der Waals surface area contributed by atoms with Gasteiger partial charge in [-0.3, -0.25) is 4.79 Å². The van der Waals surface area contributed by atoms with Crippen molar-refractivity contribution in [2.45, 2.75) is 31.3 Å². The standard InChI is InChI=1S/C18H19Cl2N3O4S2/c1-3-23(4-2)29(25,26)11-5-6-12(19)13(9-11)21-18(24)15-10-14(22-27-15)16-7-8-17(20)28-16/h5-9,15H,3-4,10H2,1-2H3,(H,21,24). The van der Waals surface area contributed by atoms with Crippen molar-refractivity contribution in [2.75, 3.05) is 18.4 Å². The summed E-state index contributed by atoms with van der Waals surface area (Å²) in [6, 6.07) is 7.77. The number of oxime groups is 1. The van der Waals surface area contributed by atoms with Crippen LogP contribution >= 0.6 is 34.5 Å². The summed E-state index contributed by atoms with van der Waals surface area (Å²) in [4.78, 5) is 18.7. The number of sulfonamides is 1. The molecule has 1 aromatic carbocycles. The van der Waals surface area contributed by atoms with Crippen LogP contribution < -0.4 is 5.32 Å². The van der Waals surface area contributed by atoms with E-state index in [1.54, 1.807) is 19.9 Å². The highest BCUT2D eigenvalue weighted by molar-refractivity contribution is 7.89. The van der Waals surface area contributed by atoms with Gasteiger partial charge >= 0.3 is 0 Å². The van der Waals surface area contributed by atoms with Gasteiger partial charge in [0.2, 0.25) is 16.1 Å². The largest absolute Gasteiger partial charge is 0.382 e. The topological polar surface area (TPSA) is 88.1 Å². The molecule has 0 radical (unpaired) electrons. The highest BCUT2D eigenvalue weighted by Crippen LogP contribution is 2.29. The fourth-order valence-corrected chi connectivity index (χ4v) is 5.50. The molecule has 1 unspecified atom stereocenters. The number of hydrogen-bond donors (Lipinski definition) is 1. The second kappa shape index (κ2) is 9.01. The van der Waals surface area contributed by atoms with Crippen LogP contribution in [0.2, 0.25) is 9.36 Å². The van der Waals surface area contributed by atoms with Gasteiger partial charge in [-0.15, -0.1) is 11.3 Å². The lowest BCUT2D eigenvalue weighted by molar-refractivity contribution is -0.125. The lowest BCUT2D eigenvalue weighted by Crippen LogP contribution is -2.31. The van der Waals surface area contributed by atoms with Crippen LogP contribution in [0, 0.1) is 0 Å². The summed E-state index contributed by atoms with van der Waals surface area (Å²) in [5, 5.41) is 6.83. The zero-order valence-corrected chi connectivity index (χ0v) is 18.8. The van der Waals surface area contributed by atoms with Crippen molar-refractivity contribution in [2.24, 2.45) is 5.16 Å². The maximum Gasteiger partial charge on any atom is 0.268 e. The molecule has 2 heterocycles. The maximum atomic E-state index is 12.7. The predicted molar refractivity (Wildman–Crippen MR) is 116 cm³/mol. The number of rotatable bonds is 7. The highest BCUT2D eigenvalue weighted by Gasteiger charge is 2.30. The summed E-state index contributed by atoms with van der Waals surface area (Å²) in [7, 11) is -3.68. The average Bonchev–Trinajstić information content (AvgIpc) is 3.33. The van der Waals surface area contributed by atoms with E-state index in [-0.39, 0.29) is 22.0 Å². The van der Waals surface area contributed by atoms with E-state index >= 15 is 0 Å². The van der Waals surface area contributed by atoms with E-state index in [0.717, 1.165) is 4.88 Å². The fourth-order valence-electron chi connectivity index (χ4n) is 2.82. The summed E-state index contributed by atoms with van der Waals surface area (Å²) in [6.07, 6.45) is -0.567. The van der Waals surface area contributed by atoms with Crippen LogP contribution in [-0.4, -0.2) is 43.5 Å². The minimum absolute atomic E-state index is 0.0541. The van der Waals surface area contributed by atoms with Gasteiger partial charge in [-0.2, -0.15) is 4.31 Å². The molecule has 1 aliphatic heterocycles. The number of anilines is 1. The monoisotopic (exact) mass is 475 g/mol. The summed E-state index contributed by atoms with van der Waals surface area (Å²) in [6.45, 7) is 4.20. The third-order valence-electron chi connectivity index (χ3n) is 4.36. The zero-order chi connectivity index (χ0) is 21.2. The lowest BCUT2D eigenvalue weighted by Gasteiger charge is -2.19. The number of hydrogen-bond acceptors (Lipinski definition) is 6. The Morgan fingerprint density at radius 3 is 2.62 bits per heavy atom. The molecule has 29 heavy (non-hydrogen) atoms. The molecule has 3 rings (SSSR count). The number of halogens is 2. The molecule has 0 aliphatic carbocycles. The molecule has 1 aromatic heterocycles. The van der Waals surface area contributed by atoms with Gasteiger partial charge < -0.3 is 10.2 Å². The number of amides is 1. The summed E-state index contributed by atoms with van der Waals surface area (Å²) in [5.41, 5.74) is 0.826. The van der Waals surface area contributed by atoms with E-state index in [2.05, 4.69) is 10.5 Å². The average molecular weight is 476 g/mol. The van der Waals surface area contributed by atoms with E-state index in [1.807, 2.05) is 6.07 Å². The van der Waals surface area contributed by atoms with Crippen molar-refractivity contribution in [3.63, 3.8) is 0 Å². The van der Waals surface area contributed by atoms with Crippen molar-refractivity contribution >= 4 is 61.9 Å². The van der Waals surface area contributed by atoms with E-state index in [1.165, 1.54) is 33.8 Å². The van der Waals surface area contributed by atoms with Gasteiger partial charge in [0.15, 0.2) is 0 Å². The summed E-state index contributed by atoms with van der Waals surface area (Å²) in [5.74, 6) is -0.467.